The maximum Gasteiger partial charge on any atom is 0.273 e. The number of benzene rings is 2. The summed E-state index contributed by atoms with van der Waals surface area (Å²) >= 11 is 0. The van der Waals surface area contributed by atoms with E-state index in [0.717, 1.165) is 16.1 Å². The van der Waals surface area contributed by atoms with Crippen molar-refractivity contribution >= 4 is 29.2 Å². The van der Waals surface area contributed by atoms with Crippen LogP contribution in [0.4, 0.5) is 5.69 Å². The second kappa shape index (κ2) is 8.46. The van der Waals surface area contributed by atoms with Gasteiger partial charge in [0.2, 0.25) is 0 Å². The van der Waals surface area contributed by atoms with Crippen molar-refractivity contribution in [1.82, 2.24) is 10.0 Å². The summed E-state index contributed by atoms with van der Waals surface area (Å²) < 4.78 is 5.15. The molecule has 1 heterocycles. The van der Waals surface area contributed by atoms with E-state index in [1.54, 1.807) is 12.1 Å². The molecule has 10 heteroatoms. The number of carbonyl (C=O) groups excluding carboxylic acids is 4. The number of nitrogens with zero attached hydrogens (tertiary/aromatic N) is 3. The van der Waals surface area contributed by atoms with Crippen LogP contribution >= 0.6 is 0 Å². The third-order valence-electron chi connectivity index (χ3n) is 6.91. The smallest absolute Gasteiger partial charge is 0.273 e. The lowest BCUT2D eigenvalue weighted by molar-refractivity contribution is -0.384. The van der Waals surface area contributed by atoms with E-state index in [2.05, 4.69) is 0 Å². The number of hydrazine groups is 1. The quantitative estimate of drug-likeness (QED) is 0.198. The Morgan fingerprint density at radius 1 is 1.03 bits per heavy atom. The van der Waals surface area contributed by atoms with Crippen LogP contribution in [0.2, 0.25) is 0 Å². The summed E-state index contributed by atoms with van der Waals surface area (Å²) in [5.74, 6) is -3.35. The van der Waals surface area contributed by atoms with Gasteiger partial charge in [-0.1, -0.05) is 30.4 Å². The van der Waals surface area contributed by atoms with Crippen molar-refractivity contribution in [2.75, 3.05) is 13.7 Å². The van der Waals surface area contributed by atoms with Gasteiger partial charge in [-0.05, 0) is 36.5 Å². The van der Waals surface area contributed by atoms with Gasteiger partial charge in [0.15, 0.2) is 5.78 Å². The molecule has 0 aromatic heterocycles. The van der Waals surface area contributed by atoms with Gasteiger partial charge in [-0.2, -0.15) is 5.01 Å². The van der Waals surface area contributed by atoms with Gasteiger partial charge in [0, 0.05) is 23.3 Å². The molecule has 10 nitrogen and oxygen atoms in total. The Morgan fingerprint density at radius 2 is 1.66 bits per heavy atom. The van der Waals surface area contributed by atoms with Gasteiger partial charge in [-0.3, -0.25) is 29.3 Å². The molecule has 2 aliphatic carbocycles. The van der Waals surface area contributed by atoms with Crippen molar-refractivity contribution in [2.24, 2.45) is 23.7 Å². The lowest BCUT2D eigenvalue weighted by Gasteiger charge is -2.30. The standard InChI is InChI=1S/C25H21N3O7/c1-35-19-7-3-4-14(12-19)20(29)13-26(23(30)17-5-2-6-18(11-17)28(33)34)27-24(31)21-15-8-9-16(10-15)22(21)25(27)32/h2-9,11-12,15-16,21-22H,10,13H2,1H3/t15-,16-,21-,22+/m0/s1. The molecule has 3 amide bonds. The zero-order chi connectivity index (χ0) is 24.9. The van der Waals surface area contributed by atoms with Crippen LogP contribution in [0.15, 0.2) is 60.7 Å². The van der Waals surface area contributed by atoms with Gasteiger partial charge in [-0.15, -0.1) is 0 Å². The Kier molecular flexibility index (Phi) is 5.43. The minimum absolute atomic E-state index is 0.0877. The molecule has 0 spiro atoms. The van der Waals surface area contributed by atoms with E-state index in [9.17, 15) is 29.3 Å². The molecule has 1 aliphatic heterocycles. The Morgan fingerprint density at radius 3 is 2.29 bits per heavy atom. The number of rotatable bonds is 7. The number of ether oxygens (including phenoxy) is 1. The van der Waals surface area contributed by atoms with E-state index in [-0.39, 0.29) is 28.7 Å². The molecule has 1 saturated carbocycles. The zero-order valence-electron chi connectivity index (χ0n) is 18.7. The average molecular weight is 475 g/mol. The van der Waals surface area contributed by atoms with E-state index in [4.69, 9.17) is 4.74 Å². The highest BCUT2D eigenvalue weighted by Gasteiger charge is 2.61. The number of Topliss-reactive ketones (excluding diaryl/α,β-unsaturated/α-hetero) is 1. The molecule has 0 radical (unpaired) electrons. The number of ketones is 1. The first-order valence-electron chi connectivity index (χ1n) is 11.1. The van der Waals surface area contributed by atoms with Crippen LogP contribution in [0.5, 0.6) is 5.75 Å². The zero-order valence-corrected chi connectivity index (χ0v) is 18.7. The summed E-state index contributed by atoms with van der Waals surface area (Å²) in [5, 5.41) is 12.8. The van der Waals surface area contributed by atoms with Crippen LogP contribution in [0.25, 0.3) is 0 Å². The van der Waals surface area contributed by atoms with Crippen molar-refractivity contribution in [3.63, 3.8) is 0 Å². The van der Waals surface area contributed by atoms with Gasteiger partial charge >= 0.3 is 0 Å². The summed E-state index contributed by atoms with van der Waals surface area (Å²) in [7, 11) is 1.45. The number of methoxy groups -OCH3 is 1. The van der Waals surface area contributed by atoms with E-state index >= 15 is 0 Å². The Balaban J connectivity index is 1.52. The van der Waals surface area contributed by atoms with Crippen molar-refractivity contribution in [1.29, 1.82) is 0 Å². The Labute approximate surface area is 199 Å². The summed E-state index contributed by atoms with van der Waals surface area (Å²) in [6.07, 6.45) is 4.56. The predicted molar refractivity (Wildman–Crippen MR) is 121 cm³/mol. The number of nitro benzene ring substituents is 1. The number of fused-ring (bicyclic) bond motifs is 5. The van der Waals surface area contributed by atoms with Crippen LogP contribution < -0.4 is 4.74 Å². The SMILES string of the molecule is COc1cccc(C(=O)CN(C(=O)c2cccc([N+](=O)[O-])c2)N2C(=O)[C@@H]3[C@H](C2=O)[C@H]2C=C[C@H]3C2)c1. The fourth-order valence-electron chi connectivity index (χ4n) is 5.28. The molecule has 35 heavy (non-hydrogen) atoms. The van der Waals surface area contributed by atoms with Gasteiger partial charge < -0.3 is 4.74 Å². The lowest BCUT2D eigenvalue weighted by Crippen LogP contribution is -2.52. The first kappa shape index (κ1) is 22.5. The monoisotopic (exact) mass is 475 g/mol. The number of allylic oxidation sites excluding steroid dienone is 2. The second-order valence-electron chi connectivity index (χ2n) is 8.81. The molecule has 4 atom stereocenters. The second-order valence-corrected chi connectivity index (χ2v) is 8.81. The average Bonchev–Trinajstić information content (AvgIpc) is 3.56. The first-order valence-corrected chi connectivity index (χ1v) is 11.1. The van der Waals surface area contributed by atoms with E-state index in [0.29, 0.717) is 12.2 Å². The van der Waals surface area contributed by atoms with Gasteiger partial charge in [0.25, 0.3) is 23.4 Å². The lowest BCUT2D eigenvalue weighted by atomic mass is 9.85. The van der Waals surface area contributed by atoms with E-state index in [1.807, 2.05) is 12.2 Å². The van der Waals surface area contributed by atoms with Crippen LogP contribution in [0.1, 0.15) is 27.1 Å². The first-order chi connectivity index (χ1) is 16.8. The van der Waals surface area contributed by atoms with Crippen molar-refractivity contribution in [3.8, 4) is 5.75 Å². The van der Waals surface area contributed by atoms with Gasteiger partial charge in [-0.25, -0.2) is 5.01 Å². The molecular weight excluding hydrogens is 454 g/mol. The number of hydrogen-bond donors (Lipinski definition) is 0. The van der Waals surface area contributed by atoms with Crippen LogP contribution in [0.3, 0.4) is 0 Å². The van der Waals surface area contributed by atoms with Crippen LogP contribution in [0, 0.1) is 33.8 Å². The largest absolute Gasteiger partial charge is 0.497 e. The summed E-state index contributed by atoms with van der Waals surface area (Å²) in [6.45, 7) is -0.603. The maximum absolute atomic E-state index is 13.6. The highest BCUT2D eigenvalue weighted by atomic mass is 16.6. The van der Waals surface area contributed by atoms with Crippen molar-refractivity contribution in [2.45, 2.75) is 6.42 Å². The molecule has 2 bridgehead atoms. The topological polar surface area (TPSA) is 127 Å². The Bertz CT molecular complexity index is 1270. The molecule has 2 aromatic carbocycles. The molecule has 178 valence electrons. The number of imide groups is 1. The molecular formula is C25H21N3O7. The van der Waals surface area contributed by atoms with Crippen molar-refractivity contribution in [3.05, 3.63) is 81.9 Å². The number of amides is 3. The molecule has 2 fully saturated rings. The van der Waals surface area contributed by atoms with Gasteiger partial charge in [0.05, 0.1) is 23.9 Å². The summed E-state index contributed by atoms with van der Waals surface area (Å²) in [5.41, 5.74) is -0.216. The Hall–Kier alpha value is -4.34. The molecule has 3 aliphatic rings. The predicted octanol–water partition coefficient (Wildman–Crippen LogP) is 2.65. The molecule has 5 rings (SSSR count). The van der Waals surface area contributed by atoms with Crippen LogP contribution in [-0.2, 0) is 9.59 Å². The summed E-state index contributed by atoms with van der Waals surface area (Å²) in [6, 6.07) is 11.2. The molecule has 2 aromatic rings. The highest BCUT2D eigenvalue weighted by molar-refractivity contribution is 6.10. The maximum atomic E-state index is 13.6. The molecule has 1 saturated heterocycles. The molecule has 0 unspecified atom stereocenters. The number of carbonyl (C=O) groups is 4. The fourth-order valence-corrected chi connectivity index (χ4v) is 5.28. The number of non-ortho nitro benzene ring substituents is 1. The van der Waals surface area contributed by atoms with E-state index < -0.39 is 46.8 Å². The summed E-state index contributed by atoms with van der Waals surface area (Å²) in [4.78, 5) is 64.1. The van der Waals surface area contributed by atoms with Crippen LogP contribution in [-0.4, -0.2) is 52.1 Å². The number of nitro groups is 1. The minimum Gasteiger partial charge on any atom is -0.497 e. The number of hydrogen-bond acceptors (Lipinski definition) is 7. The third-order valence-corrected chi connectivity index (χ3v) is 6.91. The van der Waals surface area contributed by atoms with E-state index in [1.165, 1.54) is 37.4 Å². The van der Waals surface area contributed by atoms with Crippen molar-refractivity contribution < 1.29 is 28.8 Å². The molecule has 0 N–H and O–H groups in total. The van der Waals surface area contributed by atoms with Gasteiger partial charge in [0.1, 0.15) is 12.3 Å². The third kappa shape index (κ3) is 3.67. The minimum atomic E-state index is -0.855. The normalized spacial score (nSPS) is 24.0. The fraction of sp³-hybridized carbons (Fsp3) is 0.280. The highest BCUT2D eigenvalue weighted by Crippen LogP contribution is 2.52.